The molecule has 6 nitrogen and oxygen atoms in total. The summed E-state index contributed by atoms with van der Waals surface area (Å²) in [6.45, 7) is -0.419. The van der Waals surface area contributed by atoms with E-state index in [0.717, 1.165) is 0 Å². The van der Waals surface area contributed by atoms with Crippen LogP contribution in [0, 0.1) is 16.7 Å². The van der Waals surface area contributed by atoms with Crippen LogP contribution in [-0.2, 0) is 9.84 Å². The van der Waals surface area contributed by atoms with Crippen LogP contribution in [0.4, 0.5) is 0 Å². The SMILES string of the molecule is N#C[C@@]1(CO)[C@H](S(=O)(=O)c2ccccc2)[C@@H]1c1ccc2c(c1)OCO2. The van der Waals surface area contributed by atoms with Crippen molar-refractivity contribution in [3.8, 4) is 17.6 Å². The fourth-order valence-corrected chi connectivity index (χ4v) is 5.89. The molecular weight excluding hydrogens is 342 g/mol. The lowest BCUT2D eigenvalue weighted by atomic mass is 10.0. The van der Waals surface area contributed by atoms with Crippen molar-refractivity contribution >= 4 is 9.84 Å². The molecule has 2 aromatic rings. The lowest BCUT2D eigenvalue weighted by molar-refractivity contribution is 0.174. The highest BCUT2D eigenvalue weighted by atomic mass is 32.2. The van der Waals surface area contributed by atoms with Crippen molar-refractivity contribution in [2.45, 2.75) is 16.1 Å². The van der Waals surface area contributed by atoms with Crippen LogP contribution >= 0.6 is 0 Å². The number of rotatable bonds is 4. The van der Waals surface area contributed by atoms with E-state index < -0.39 is 33.0 Å². The Morgan fingerprint density at radius 2 is 1.88 bits per heavy atom. The highest BCUT2D eigenvalue weighted by Crippen LogP contribution is 2.64. The molecule has 0 aromatic heterocycles. The van der Waals surface area contributed by atoms with Crippen molar-refractivity contribution in [2.24, 2.45) is 5.41 Å². The molecule has 25 heavy (non-hydrogen) atoms. The summed E-state index contributed by atoms with van der Waals surface area (Å²) < 4.78 is 36.7. The molecule has 7 heteroatoms. The molecule has 1 aliphatic carbocycles. The second-order valence-electron chi connectivity index (χ2n) is 6.18. The summed E-state index contributed by atoms with van der Waals surface area (Å²) in [5, 5.41) is 18.4. The first-order valence-corrected chi connectivity index (χ1v) is 9.30. The minimum Gasteiger partial charge on any atom is -0.454 e. The van der Waals surface area contributed by atoms with Gasteiger partial charge in [-0.25, -0.2) is 8.42 Å². The van der Waals surface area contributed by atoms with Crippen molar-refractivity contribution in [1.82, 2.24) is 0 Å². The molecule has 2 aromatic carbocycles. The summed E-state index contributed by atoms with van der Waals surface area (Å²) in [7, 11) is -3.76. The van der Waals surface area contributed by atoms with E-state index >= 15 is 0 Å². The maximum absolute atomic E-state index is 13.0. The predicted molar refractivity (Wildman–Crippen MR) is 87.9 cm³/mol. The van der Waals surface area contributed by atoms with E-state index in [0.29, 0.717) is 17.1 Å². The lowest BCUT2D eigenvalue weighted by Crippen LogP contribution is -2.18. The highest BCUT2D eigenvalue weighted by molar-refractivity contribution is 7.92. The zero-order valence-corrected chi connectivity index (χ0v) is 13.9. The zero-order chi connectivity index (χ0) is 17.7. The summed E-state index contributed by atoms with van der Waals surface area (Å²) in [4.78, 5) is 0.149. The number of aliphatic hydroxyl groups excluding tert-OH is 1. The Morgan fingerprint density at radius 1 is 1.16 bits per heavy atom. The van der Waals surface area contributed by atoms with Crippen LogP contribution in [0.25, 0.3) is 0 Å². The van der Waals surface area contributed by atoms with E-state index in [1.54, 1.807) is 36.4 Å². The molecule has 1 fully saturated rings. The second-order valence-corrected chi connectivity index (χ2v) is 8.25. The van der Waals surface area contributed by atoms with Gasteiger partial charge >= 0.3 is 0 Å². The van der Waals surface area contributed by atoms with Crippen LogP contribution < -0.4 is 9.47 Å². The first-order valence-electron chi connectivity index (χ1n) is 7.75. The van der Waals surface area contributed by atoms with E-state index in [4.69, 9.17) is 9.47 Å². The average Bonchev–Trinajstić information content (AvgIpc) is 3.12. The lowest BCUT2D eigenvalue weighted by Gasteiger charge is -2.05. The molecule has 1 heterocycles. The van der Waals surface area contributed by atoms with Crippen LogP contribution in [0.1, 0.15) is 11.5 Å². The molecule has 0 radical (unpaired) electrons. The topological polar surface area (TPSA) is 96.6 Å². The number of sulfone groups is 1. The number of ether oxygens (including phenoxy) is 2. The van der Waals surface area contributed by atoms with Crippen molar-refractivity contribution in [2.75, 3.05) is 13.4 Å². The minimum absolute atomic E-state index is 0.110. The van der Waals surface area contributed by atoms with Crippen LogP contribution in [0.3, 0.4) is 0 Å². The van der Waals surface area contributed by atoms with Gasteiger partial charge in [0.1, 0.15) is 5.41 Å². The molecule has 0 unspecified atom stereocenters. The standard InChI is InChI=1S/C18H15NO5S/c19-9-18(10-20)16(12-6-7-14-15(8-12)24-11-23-14)17(18)25(21,22)13-4-2-1-3-5-13/h1-8,16-17,20H,10-11H2/t16-,17+,18-/m0/s1. The van der Waals surface area contributed by atoms with Gasteiger partial charge in [-0.1, -0.05) is 24.3 Å². The summed E-state index contributed by atoms with van der Waals surface area (Å²) in [6.07, 6.45) is 0. The highest BCUT2D eigenvalue weighted by Gasteiger charge is 2.72. The van der Waals surface area contributed by atoms with Crippen LogP contribution in [0.2, 0.25) is 0 Å². The minimum atomic E-state index is -3.76. The Morgan fingerprint density at radius 3 is 2.56 bits per heavy atom. The first-order chi connectivity index (χ1) is 12.0. The van der Waals surface area contributed by atoms with Crippen molar-refractivity contribution < 1.29 is 23.0 Å². The Kier molecular flexibility index (Phi) is 3.49. The normalized spacial score (nSPS) is 26.9. The number of benzene rings is 2. The van der Waals surface area contributed by atoms with Gasteiger partial charge in [0.25, 0.3) is 0 Å². The molecular formula is C18H15NO5S. The second kappa shape index (κ2) is 5.48. The predicted octanol–water partition coefficient (Wildman–Crippen LogP) is 1.86. The fourth-order valence-electron chi connectivity index (χ4n) is 3.55. The Bertz CT molecular complexity index is 967. The van der Waals surface area contributed by atoms with Gasteiger partial charge in [-0.15, -0.1) is 0 Å². The summed E-state index contributed by atoms with van der Waals surface area (Å²) in [5.41, 5.74) is -0.716. The molecule has 1 saturated carbocycles. The molecule has 0 spiro atoms. The molecule has 0 saturated heterocycles. The van der Waals surface area contributed by atoms with Gasteiger partial charge in [0, 0.05) is 5.92 Å². The van der Waals surface area contributed by atoms with Crippen LogP contribution in [0.15, 0.2) is 53.4 Å². The quantitative estimate of drug-likeness (QED) is 0.897. The largest absolute Gasteiger partial charge is 0.454 e. The average molecular weight is 357 g/mol. The van der Waals surface area contributed by atoms with Gasteiger partial charge < -0.3 is 14.6 Å². The number of hydrogen-bond donors (Lipinski definition) is 1. The van der Waals surface area contributed by atoms with E-state index in [9.17, 15) is 18.8 Å². The molecule has 1 N–H and O–H groups in total. The van der Waals surface area contributed by atoms with Crippen LogP contribution in [0.5, 0.6) is 11.5 Å². The third-order valence-electron chi connectivity index (χ3n) is 4.89. The van der Waals surface area contributed by atoms with E-state index in [-0.39, 0.29) is 11.7 Å². The molecule has 0 bridgehead atoms. The van der Waals surface area contributed by atoms with E-state index in [2.05, 4.69) is 0 Å². The molecule has 1 aliphatic heterocycles. The number of fused-ring (bicyclic) bond motifs is 1. The molecule has 4 rings (SSSR count). The van der Waals surface area contributed by atoms with Crippen molar-refractivity contribution in [3.63, 3.8) is 0 Å². The van der Waals surface area contributed by atoms with Gasteiger partial charge in [-0.3, -0.25) is 0 Å². The Balaban J connectivity index is 1.79. The van der Waals surface area contributed by atoms with E-state index in [1.807, 2.05) is 6.07 Å². The Labute approximate surface area is 145 Å². The first kappa shape index (κ1) is 15.9. The number of hydrogen-bond acceptors (Lipinski definition) is 6. The van der Waals surface area contributed by atoms with Gasteiger partial charge in [-0.05, 0) is 29.8 Å². The molecule has 0 amide bonds. The zero-order valence-electron chi connectivity index (χ0n) is 13.1. The third kappa shape index (κ3) is 2.22. The number of nitriles is 1. The fraction of sp³-hybridized carbons (Fsp3) is 0.278. The number of aliphatic hydroxyl groups is 1. The van der Waals surface area contributed by atoms with Crippen LogP contribution in [-0.4, -0.2) is 32.2 Å². The maximum atomic E-state index is 13.0. The van der Waals surface area contributed by atoms with Crippen molar-refractivity contribution in [3.05, 3.63) is 54.1 Å². The summed E-state index contributed by atoms with van der Waals surface area (Å²) >= 11 is 0. The van der Waals surface area contributed by atoms with Gasteiger partial charge in [0.15, 0.2) is 21.3 Å². The van der Waals surface area contributed by atoms with E-state index in [1.165, 1.54) is 12.1 Å². The smallest absolute Gasteiger partial charge is 0.231 e. The van der Waals surface area contributed by atoms with Crippen molar-refractivity contribution in [1.29, 1.82) is 5.26 Å². The number of nitrogens with zero attached hydrogens (tertiary/aromatic N) is 1. The van der Waals surface area contributed by atoms with Gasteiger partial charge in [-0.2, -0.15) is 5.26 Å². The third-order valence-corrected chi connectivity index (χ3v) is 7.18. The van der Waals surface area contributed by atoms with Gasteiger partial charge in [0.2, 0.25) is 6.79 Å². The molecule has 2 aliphatic rings. The Hall–Kier alpha value is -2.56. The summed E-state index contributed by atoms with van der Waals surface area (Å²) in [5.74, 6) is 0.477. The molecule has 3 atom stereocenters. The molecule has 128 valence electrons. The van der Waals surface area contributed by atoms with Gasteiger partial charge in [0.05, 0.1) is 22.8 Å². The monoisotopic (exact) mass is 357 g/mol. The maximum Gasteiger partial charge on any atom is 0.231 e. The summed E-state index contributed by atoms with van der Waals surface area (Å²) in [6, 6.07) is 15.2.